The van der Waals surface area contributed by atoms with Crippen LogP contribution in [0.5, 0.6) is 0 Å². The second-order valence-corrected chi connectivity index (χ2v) is 8.90. The monoisotopic (exact) mass is 546 g/mol. The summed E-state index contributed by atoms with van der Waals surface area (Å²) < 4.78 is 51.6. The van der Waals surface area contributed by atoms with Crippen molar-refractivity contribution in [2.45, 2.75) is 19.7 Å². The lowest BCUT2D eigenvalue weighted by Crippen LogP contribution is -2.14. The van der Waals surface area contributed by atoms with Gasteiger partial charge in [0.05, 0.1) is 23.6 Å². The van der Waals surface area contributed by atoms with Crippen LogP contribution < -0.4 is 5.32 Å². The quantitative estimate of drug-likeness (QED) is 0.162. The summed E-state index contributed by atoms with van der Waals surface area (Å²) in [4.78, 5) is 17.1. The molecule has 2 heterocycles. The van der Waals surface area contributed by atoms with E-state index in [2.05, 4.69) is 10.3 Å². The number of anilines is 1. The molecule has 0 aliphatic carbocycles. The number of nitrogens with zero attached hydrogens (tertiary/aromatic N) is 3. The van der Waals surface area contributed by atoms with Gasteiger partial charge in [-0.25, -0.2) is 9.50 Å². The molecule has 0 spiro atoms. The van der Waals surface area contributed by atoms with Gasteiger partial charge in [0.2, 0.25) is 0 Å². The molecule has 0 saturated carbocycles. The Kier molecular flexibility index (Phi) is 7.90. The van der Waals surface area contributed by atoms with E-state index in [4.69, 9.17) is 14.6 Å². The Hall–Kier alpha value is -4.54. The van der Waals surface area contributed by atoms with Crippen molar-refractivity contribution in [3.05, 3.63) is 108 Å². The molecule has 1 N–H and O–H groups in total. The number of alkyl halides is 3. The molecule has 204 valence electrons. The largest absolute Gasteiger partial charge is 0.416 e. The molecular formula is C30H25F3N4O3. The molecule has 1 amide bonds. The molecule has 40 heavy (non-hydrogen) atoms. The highest BCUT2D eigenvalue weighted by Gasteiger charge is 2.30. The highest BCUT2D eigenvalue weighted by molar-refractivity contribution is 6.04. The zero-order valence-corrected chi connectivity index (χ0v) is 21.5. The molecule has 3 aromatic carbocycles. The maximum absolute atomic E-state index is 13.1. The number of halogens is 3. The molecule has 0 bridgehead atoms. The minimum Gasteiger partial charge on any atom is -0.356 e. The van der Waals surface area contributed by atoms with Gasteiger partial charge < -0.3 is 14.8 Å². The lowest BCUT2D eigenvalue weighted by atomic mass is 10.1. The molecule has 5 aromatic rings. The number of benzene rings is 3. The van der Waals surface area contributed by atoms with Crippen molar-refractivity contribution in [2.24, 2.45) is 0 Å². The van der Waals surface area contributed by atoms with Crippen molar-refractivity contribution in [1.29, 1.82) is 0 Å². The van der Waals surface area contributed by atoms with Crippen LogP contribution in [0.4, 0.5) is 18.9 Å². The van der Waals surface area contributed by atoms with Crippen LogP contribution in [-0.4, -0.2) is 33.9 Å². The van der Waals surface area contributed by atoms with Gasteiger partial charge in [0, 0.05) is 41.2 Å². The normalized spacial score (nSPS) is 11.6. The summed E-state index contributed by atoms with van der Waals surface area (Å²) in [6.45, 7) is 3.20. The van der Waals surface area contributed by atoms with Gasteiger partial charge in [-0.05, 0) is 48.9 Å². The van der Waals surface area contributed by atoms with Gasteiger partial charge in [-0.1, -0.05) is 42.5 Å². The van der Waals surface area contributed by atoms with E-state index in [-0.39, 0.29) is 12.4 Å². The molecule has 5 rings (SSSR count). The number of hydrogen-bond donors (Lipinski definition) is 1. The fraction of sp³-hybridized carbons (Fsp3) is 0.167. The molecular weight excluding hydrogens is 521 g/mol. The van der Waals surface area contributed by atoms with Crippen LogP contribution in [0, 0.1) is 0 Å². The van der Waals surface area contributed by atoms with Crippen LogP contribution in [0.25, 0.3) is 28.2 Å². The minimum atomic E-state index is -4.54. The van der Waals surface area contributed by atoms with Crippen molar-refractivity contribution < 1.29 is 27.4 Å². The number of aromatic nitrogens is 3. The Morgan fingerprint density at radius 1 is 0.925 bits per heavy atom. The van der Waals surface area contributed by atoms with Crippen molar-refractivity contribution >= 4 is 17.2 Å². The summed E-state index contributed by atoms with van der Waals surface area (Å²) in [6, 6.07) is 22.9. The average molecular weight is 547 g/mol. The van der Waals surface area contributed by atoms with E-state index in [0.717, 1.165) is 40.2 Å². The lowest BCUT2D eigenvalue weighted by molar-refractivity contribution is -0.137. The van der Waals surface area contributed by atoms with Crippen molar-refractivity contribution in [3.63, 3.8) is 0 Å². The van der Waals surface area contributed by atoms with Crippen LogP contribution in [0.15, 0.2) is 91.1 Å². The minimum absolute atomic E-state index is 0.0879. The maximum Gasteiger partial charge on any atom is 0.416 e. The molecule has 2 aromatic heterocycles. The summed E-state index contributed by atoms with van der Waals surface area (Å²) in [5.41, 5.74) is 4.22. The van der Waals surface area contributed by atoms with Crippen molar-refractivity contribution in [2.75, 3.05) is 18.7 Å². The highest BCUT2D eigenvalue weighted by Crippen LogP contribution is 2.30. The van der Waals surface area contributed by atoms with E-state index >= 15 is 0 Å². The fourth-order valence-corrected chi connectivity index (χ4v) is 4.12. The fourth-order valence-electron chi connectivity index (χ4n) is 4.12. The van der Waals surface area contributed by atoms with Gasteiger partial charge in [-0.2, -0.15) is 18.3 Å². The summed E-state index contributed by atoms with van der Waals surface area (Å²) >= 11 is 0. The van der Waals surface area contributed by atoms with Gasteiger partial charge in [-0.3, -0.25) is 4.79 Å². The zero-order valence-electron chi connectivity index (χ0n) is 21.5. The molecule has 0 unspecified atom stereocenters. The second-order valence-electron chi connectivity index (χ2n) is 8.90. The summed E-state index contributed by atoms with van der Waals surface area (Å²) in [7, 11) is 0. The first-order valence-corrected chi connectivity index (χ1v) is 12.5. The predicted octanol–water partition coefficient (Wildman–Crippen LogP) is 6.85. The Bertz CT molecular complexity index is 1630. The number of rotatable bonds is 9. The van der Waals surface area contributed by atoms with E-state index < -0.39 is 17.6 Å². The number of ether oxygens (including phenoxy) is 2. The summed E-state index contributed by atoms with van der Waals surface area (Å²) in [6.07, 6.45) is -2.87. The van der Waals surface area contributed by atoms with Crippen LogP contribution in [0.2, 0.25) is 0 Å². The highest BCUT2D eigenvalue weighted by atomic mass is 19.4. The number of nitrogens with one attached hydrogen (secondary N) is 1. The van der Waals surface area contributed by atoms with Crippen LogP contribution in [0.3, 0.4) is 0 Å². The third-order valence-electron chi connectivity index (χ3n) is 6.12. The molecule has 0 aliphatic heterocycles. The molecule has 10 heteroatoms. The molecule has 0 radical (unpaired) electrons. The third kappa shape index (κ3) is 6.19. The van der Waals surface area contributed by atoms with Crippen LogP contribution in [0.1, 0.15) is 28.4 Å². The molecule has 0 aliphatic rings. The van der Waals surface area contributed by atoms with Crippen LogP contribution >= 0.6 is 0 Å². The number of hydrogen-bond acceptors (Lipinski definition) is 5. The van der Waals surface area contributed by atoms with Crippen molar-refractivity contribution in [3.8, 4) is 22.5 Å². The molecule has 0 atom stereocenters. The van der Waals surface area contributed by atoms with E-state index in [1.165, 1.54) is 12.1 Å². The van der Waals surface area contributed by atoms with E-state index in [9.17, 15) is 18.0 Å². The SMILES string of the molecule is CCOCOCc1ccc(-c2cc3nccc(-c4cccc(NC(=O)c5cccc(C(F)(F)F)c5)c4)n3n2)cc1. The standard InChI is InChI=1S/C30H25F3N4O3/c1-2-39-19-40-18-20-9-11-21(12-10-20)26-17-28-34-14-13-27(37(28)36-26)22-5-4-8-25(16-22)35-29(38)23-6-3-7-24(15-23)30(31,32)33/h3-17H,2,18-19H2,1H3,(H,35,38). The second kappa shape index (κ2) is 11.7. The first-order chi connectivity index (χ1) is 19.3. The van der Waals surface area contributed by atoms with Gasteiger partial charge in [0.1, 0.15) is 6.79 Å². The van der Waals surface area contributed by atoms with Gasteiger partial charge in [0.15, 0.2) is 5.65 Å². The van der Waals surface area contributed by atoms with Gasteiger partial charge in [0.25, 0.3) is 5.91 Å². The van der Waals surface area contributed by atoms with Gasteiger partial charge in [-0.15, -0.1) is 0 Å². The number of carbonyl (C=O) groups excluding carboxylic acids is 1. The number of amides is 1. The smallest absolute Gasteiger partial charge is 0.356 e. The summed E-state index contributed by atoms with van der Waals surface area (Å²) in [5.74, 6) is -0.642. The Labute approximate surface area is 228 Å². The predicted molar refractivity (Wildman–Crippen MR) is 145 cm³/mol. The maximum atomic E-state index is 13.1. The number of carbonyl (C=O) groups is 1. The summed E-state index contributed by atoms with van der Waals surface area (Å²) in [5, 5.41) is 7.44. The zero-order chi connectivity index (χ0) is 28.1. The van der Waals surface area contributed by atoms with E-state index in [0.29, 0.717) is 24.5 Å². The Balaban J connectivity index is 1.36. The third-order valence-corrected chi connectivity index (χ3v) is 6.12. The van der Waals surface area contributed by atoms with Crippen molar-refractivity contribution in [1.82, 2.24) is 14.6 Å². The van der Waals surface area contributed by atoms with Crippen LogP contribution in [-0.2, 0) is 22.3 Å². The lowest BCUT2D eigenvalue weighted by Gasteiger charge is -2.11. The average Bonchev–Trinajstić information content (AvgIpc) is 3.40. The topological polar surface area (TPSA) is 77.8 Å². The molecule has 7 nitrogen and oxygen atoms in total. The number of fused-ring (bicyclic) bond motifs is 1. The van der Waals surface area contributed by atoms with Gasteiger partial charge >= 0.3 is 6.18 Å². The van der Waals surface area contributed by atoms with E-state index in [1.807, 2.05) is 43.3 Å². The Morgan fingerprint density at radius 3 is 2.50 bits per heavy atom. The van der Waals surface area contributed by atoms with E-state index in [1.54, 1.807) is 35.0 Å². The Morgan fingerprint density at radius 2 is 1.73 bits per heavy atom. The molecule has 0 saturated heterocycles. The first kappa shape index (κ1) is 27.0. The first-order valence-electron chi connectivity index (χ1n) is 12.5. The molecule has 0 fully saturated rings.